The summed E-state index contributed by atoms with van der Waals surface area (Å²) in [5.41, 5.74) is 0. The topological polar surface area (TPSA) is 105 Å². The van der Waals surface area contributed by atoms with E-state index >= 15 is 0 Å². The average molecular weight is 914 g/mol. The summed E-state index contributed by atoms with van der Waals surface area (Å²) >= 11 is 0. The molecule has 3 N–H and O–H groups in total. The van der Waals surface area contributed by atoms with Crippen LogP contribution in [-0.2, 0) is 18.4 Å². The molecule has 0 aromatic heterocycles. The monoisotopic (exact) mass is 914 g/mol. The number of hydrogen-bond donors (Lipinski definition) is 3. The second-order valence-electron chi connectivity index (χ2n) is 20.3. The van der Waals surface area contributed by atoms with Crippen molar-refractivity contribution in [1.29, 1.82) is 0 Å². The molecule has 0 bridgehead atoms. The number of nitrogens with zero attached hydrogens (tertiary/aromatic N) is 1. The van der Waals surface area contributed by atoms with Crippen LogP contribution in [0.4, 0.5) is 0 Å². The molecular weight excluding hydrogens is 804 g/mol. The molecule has 0 saturated heterocycles. The molecule has 8 nitrogen and oxygen atoms in total. The quantitative estimate of drug-likeness (QED) is 0.0243. The Morgan fingerprint density at radius 3 is 1.22 bits per heavy atom. The highest BCUT2D eigenvalue weighted by Gasteiger charge is 2.28. The highest BCUT2D eigenvalue weighted by atomic mass is 31.2. The van der Waals surface area contributed by atoms with Crippen LogP contribution in [0.2, 0.25) is 0 Å². The van der Waals surface area contributed by atoms with Crippen molar-refractivity contribution in [3.63, 3.8) is 0 Å². The molecule has 3 unspecified atom stereocenters. The molecule has 0 rings (SSSR count). The van der Waals surface area contributed by atoms with Crippen LogP contribution < -0.4 is 5.32 Å². The highest BCUT2D eigenvalue weighted by molar-refractivity contribution is 7.47. The van der Waals surface area contributed by atoms with Gasteiger partial charge in [0.25, 0.3) is 0 Å². The van der Waals surface area contributed by atoms with Gasteiger partial charge >= 0.3 is 7.82 Å². The first-order chi connectivity index (χ1) is 30.5. The van der Waals surface area contributed by atoms with Crippen LogP contribution in [0.1, 0.15) is 277 Å². The average Bonchev–Trinajstić information content (AvgIpc) is 3.24. The smallest absolute Gasteiger partial charge is 0.391 e. The fraction of sp³-hybridized carbons (Fsp3) is 0.944. The Morgan fingerprint density at radius 1 is 0.524 bits per heavy atom. The van der Waals surface area contributed by atoms with Crippen LogP contribution in [0.15, 0.2) is 12.2 Å². The van der Waals surface area contributed by atoms with Crippen LogP contribution in [0, 0.1) is 0 Å². The minimum atomic E-state index is -4.31. The Labute approximate surface area is 392 Å². The molecular formula is C54H110N2O6P+. The third-order valence-corrected chi connectivity index (χ3v) is 13.7. The standard InChI is InChI=1S/C54H109N2O6P/c1-6-8-10-12-14-16-18-20-22-23-24-25-26-27-28-29-30-31-32-33-34-36-38-40-42-44-46-48-54(58)55-52(51-62-63(59,60)61-50-49-56(3,4)5)53(57)47-45-43-41-39-37-35-21-19-17-15-13-11-9-7-2/h23-24,52-53,57H,6-22,25-51H2,1-5H3,(H-,55,58,59,60)/p+1/b24-23-. The van der Waals surface area contributed by atoms with Crippen LogP contribution in [0.5, 0.6) is 0 Å². The van der Waals surface area contributed by atoms with Gasteiger partial charge in [0.1, 0.15) is 13.2 Å². The Kier molecular flexibility index (Phi) is 45.8. The second-order valence-corrected chi connectivity index (χ2v) is 21.8. The van der Waals surface area contributed by atoms with Crippen molar-refractivity contribution < 1.29 is 32.9 Å². The number of hydrogen-bond acceptors (Lipinski definition) is 5. The number of phosphoric acid groups is 1. The molecule has 0 aliphatic rings. The van der Waals surface area contributed by atoms with Crippen LogP contribution >= 0.6 is 7.82 Å². The molecule has 0 aliphatic carbocycles. The maximum atomic E-state index is 13.0. The first-order valence-corrected chi connectivity index (χ1v) is 29.0. The normalized spacial score (nSPS) is 14.1. The molecule has 0 aromatic rings. The zero-order chi connectivity index (χ0) is 46.4. The van der Waals surface area contributed by atoms with Crippen molar-refractivity contribution in [2.45, 2.75) is 289 Å². The summed E-state index contributed by atoms with van der Waals surface area (Å²) in [6.07, 6.45) is 55.5. The van der Waals surface area contributed by atoms with Crippen molar-refractivity contribution in [1.82, 2.24) is 5.32 Å². The van der Waals surface area contributed by atoms with Gasteiger partial charge in [-0.05, 0) is 38.5 Å². The molecule has 3 atom stereocenters. The minimum Gasteiger partial charge on any atom is -0.391 e. The summed E-state index contributed by atoms with van der Waals surface area (Å²) in [6.45, 7) is 4.92. The van der Waals surface area contributed by atoms with E-state index in [4.69, 9.17) is 9.05 Å². The number of aliphatic hydroxyl groups excluding tert-OH is 1. The number of allylic oxidation sites excluding steroid dienone is 2. The number of amides is 1. The van der Waals surface area contributed by atoms with E-state index in [0.29, 0.717) is 23.9 Å². The predicted octanol–water partition coefficient (Wildman–Crippen LogP) is 16.3. The van der Waals surface area contributed by atoms with Crippen LogP contribution in [0.25, 0.3) is 0 Å². The van der Waals surface area contributed by atoms with Crippen molar-refractivity contribution in [3.8, 4) is 0 Å². The zero-order valence-electron chi connectivity index (χ0n) is 42.8. The van der Waals surface area contributed by atoms with Crippen molar-refractivity contribution >= 4 is 13.7 Å². The fourth-order valence-electron chi connectivity index (χ4n) is 8.40. The number of quaternary nitrogens is 1. The van der Waals surface area contributed by atoms with Gasteiger partial charge < -0.3 is 19.8 Å². The molecule has 0 aromatic carbocycles. The molecule has 376 valence electrons. The lowest BCUT2D eigenvalue weighted by Gasteiger charge is -2.26. The summed E-state index contributed by atoms with van der Waals surface area (Å²) < 4.78 is 23.7. The van der Waals surface area contributed by atoms with E-state index in [1.807, 2.05) is 21.1 Å². The lowest BCUT2D eigenvalue weighted by Crippen LogP contribution is -2.46. The van der Waals surface area contributed by atoms with E-state index in [1.165, 1.54) is 212 Å². The first-order valence-electron chi connectivity index (χ1n) is 27.6. The molecule has 1 amide bonds. The summed E-state index contributed by atoms with van der Waals surface area (Å²) in [5.74, 6) is -0.140. The van der Waals surface area contributed by atoms with Gasteiger partial charge in [-0.1, -0.05) is 244 Å². The number of rotatable bonds is 51. The lowest BCUT2D eigenvalue weighted by molar-refractivity contribution is -0.870. The van der Waals surface area contributed by atoms with Gasteiger partial charge in [-0.2, -0.15) is 0 Å². The van der Waals surface area contributed by atoms with Gasteiger partial charge in [-0.3, -0.25) is 13.8 Å². The third kappa shape index (κ3) is 49.0. The van der Waals surface area contributed by atoms with Crippen molar-refractivity contribution in [2.24, 2.45) is 0 Å². The zero-order valence-corrected chi connectivity index (χ0v) is 43.7. The van der Waals surface area contributed by atoms with Crippen molar-refractivity contribution in [3.05, 3.63) is 12.2 Å². The van der Waals surface area contributed by atoms with Crippen LogP contribution in [-0.4, -0.2) is 73.4 Å². The summed E-state index contributed by atoms with van der Waals surface area (Å²) in [5, 5.41) is 14.0. The van der Waals surface area contributed by atoms with E-state index in [1.54, 1.807) is 0 Å². The predicted molar refractivity (Wildman–Crippen MR) is 272 cm³/mol. The maximum Gasteiger partial charge on any atom is 0.472 e. The maximum absolute atomic E-state index is 13.0. The minimum absolute atomic E-state index is 0.0775. The molecule has 0 spiro atoms. The first kappa shape index (κ1) is 62.2. The highest BCUT2D eigenvalue weighted by Crippen LogP contribution is 2.43. The Morgan fingerprint density at radius 2 is 0.857 bits per heavy atom. The Bertz CT molecular complexity index is 1040. The van der Waals surface area contributed by atoms with Gasteiger partial charge in [0.05, 0.1) is 39.9 Å². The van der Waals surface area contributed by atoms with Gasteiger partial charge in [-0.15, -0.1) is 0 Å². The number of aliphatic hydroxyl groups is 1. The van der Waals surface area contributed by atoms with E-state index in [-0.39, 0.29) is 19.1 Å². The third-order valence-electron chi connectivity index (χ3n) is 12.8. The number of phosphoric ester groups is 1. The number of nitrogens with one attached hydrogen (secondary N) is 1. The van der Waals surface area contributed by atoms with Crippen LogP contribution in [0.3, 0.4) is 0 Å². The van der Waals surface area contributed by atoms with E-state index in [2.05, 4.69) is 31.3 Å². The molecule has 63 heavy (non-hydrogen) atoms. The van der Waals surface area contributed by atoms with Gasteiger partial charge in [0.15, 0.2) is 0 Å². The van der Waals surface area contributed by atoms with Gasteiger partial charge in [-0.25, -0.2) is 4.57 Å². The molecule has 0 radical (unpaired) electrons. The molecule has 0 aliphatic heterocycles. The second kappa shape index (κ2) is 46.4. The Hall–Kier alpha value is -0.760. The summed E-state index contributed by atoms with van der Waals surface area (Å²) in [7, 11) is 1.63. The number of carbonyl (C=O) groups is 1. The number of carbonyl (C=O) groups excluding carboxylic acids is 1. The van der Waals surface area contributed by atoms with E-state index in [0.717, 1.165) is 38.5 Å². The number of likely N-dealkylation sites (N-methyl/N-ethyl adjacent to an activating group) is 1. The van der Waals surface area contributed by atoms with Crippen molar-refractivity contribution in [2.75, 3.05) is 40.9 Å². The molecule has 9 heteroatoms. The van der Waals surface area contributed by atoms with E-state index < -0.39 is 20.0 Å². The number of unbranched alkanes of at least 4 members (excludes halogenated alkanes) is 36. The lowest BCUT2D eigenvalue weighted by atomic mass is 10.0. The van der Waals surface area contributed by atoms with Gasteiger partial charge in [0, 0.05) is 6.42 Å². The SMILES string of the molecule is CCCCCCCCCC/C=C\CCCCCCCCCCCCCCCCCC(=O)NC(COP(=O)(O)OCC[N+](C)(C)C)C(O)CCCCCCCCCCCCCCCC. The molecule has 0 fully saturated rings. The summed E-state index contributed by atoms with van der Waals surface area (Å²) in [6, 6.07) is -0.756. The molecule has 0 saturated carbocycles. The fourth-order valence-corrected chi connectivity index (χ4v) is 9.13. The largest absolute Gasteiger partial charge is 0.472 e. The molecule has 0 heterocycles. The Balaban J connectivity index is 4.08. The van der Waals surface area contributed by atoms with Gasteiger partial charge in [0.2, 0.25) is 5.91 Å². The summed E-state index contributed by atoms with van der Waals surface area (Å²) in [4.78, 5) is 23.3. The van der Waals surface area contributed by atoms with E-state index in [9.17, 15) is 19.4 Å².